The van der Waals surface area contributed by atoms with Crippen LogP contribution in [0.1, 0.15) is 54.7 Å². The number of esters is 1. The maximum Gasteiger partial charge on any atom is 0.340 e. The monoisotopic (exact) mass is 522 g/mol. The van der Waals surface area contributed by atoms with E-state index in [1.807, 2.05) is 89.2 Å². The molecule has 0 radical (unpaired) electrons. The van der Waals surface area contributed by atoms with Crippen LogP contribution in [0.25, 0.3) is 22.3 Å². The lowest BCUT2D eigenvalue weighted by atomic mass is 9.99. The molecule has 1 N–H and O–H groups in total. The Balaban J connectivity index is 1.62. The third kappa shape index (κ3) is 6.94. The van der Waals surface area contributed by atoms with E-state index in [1.54, 1.807) is 6.07 Å². The molecular formula is C33H34N2O4. The molecule has 0 saturated heterocycles. The van der Waals surface area contributed by atoms with Crippen molar-refractivity contribution in [2.45, 2.75) is 53.1 Å². The van der Waals surface area contributed by atoms with Crippen molar-refractivity contribution in [2.75, 3.05) is 11.9 Å². The molecule has 4 aromatic rings. The Labute approximate surface area is 229 Å². The summed E-state index contributed by atoms with van der Waals surface area (Å²) in [5.74, 6) is 0.00678. The van der Waals surface area contributed by atoms with Crippen LogP contribution in [0.5, 0.6) is 0 Å². The molecular weight excluding hydrogens is 488 g/mol. The van der Waals surface area contributed by atoms with Crippen molar-refractivity contribution in [1.29, 1.82) is 5.26 Å². The molecule has 0 amide bonds. The number of nitrogens with one attached hydrogen (secondary N) is 1. The summed E-state index contributed by atoms with van der Waals surface area (Å²) in [6.07, 6.45) is 1.20. The molecule has 39 heavy (non-hydrogen) atoms. The molecule has 4 rings (SSSR count). The number of anilines is 1. The fourth-order valence-corrected chi connectivity index (χ4v) is 4.55. The molecule has 3 aromatic carbocycles. The molecule has 1 atom stereocenters. The van der Waals surface area contributed by atoms with Gasteiger partial charge >= 0.3 is 5.97 Å². The SMILES string of the molecule is Cc1cc(CCNc2ccccc2C(=O)OC(C)(C)C)c2oc(-c3cccc(C[C@H](C)C#N)c3)cc(=O)c2c1. The number of hydrogen-bond donors (Lipinski definition) is 1. The topological polar surface area (TPSA) is 92.3 Å². The first-order valence-corrected chi connectivity index (χ1v) is 13.2. The average Bonchev–Trinajstić information content (AvgIpc) is 2.88. The summed E-state index contributed by atoms with van der Waals surface area (Å²) in [6, 6.07) is 22.7. The zero-order valence-electron chi connectivity index (χ0n) is 23.1. The van der Waals surface area contributed by atoms with Crippen molar-refractivity contribution in [3.63, 3.8) is 0 Å². The van der Waals surface area contributed by atoms with Gasteiger partial charge in [0, 0.05) is 29.8 Å². The molecule has 0 saturated carbocycles. The molecule has 0 fully saturated rings. The maximum absolute atomic E-state index is 13.1. The molecule has 0 bridgehead atoms. The number of ether oxygens (including phenoxy) is 1. The molecule has 0 unspecified atom stereocenters. The third-order valence-electron chi connectivity index (χ3n) is 6.28. The van der Waals surface area contributed by atoms with Crippen LogP contribution in [0.2, 0.25) is 0 Å². The van der Waals surface area contributed by atoms with Crippen LogP contribution in [-0.2, 0) is 17.6 Å². The number of aryl methyl sites for hydroxylation is 1. The van der Waals surface area contributed by atoms with Crippen molar-refractivity contribution >= 4 is 22.6 Å². The van der Waals surface area contributed by atoms with Gasteiger partial charge in [0.2, 0.25) is 0 Å². The molecule has 6 nitrogen and oxygen atoms in total. The highest BCUT2D eigenvalue weighted by Gasteiger charge is 2.20. The van der Waals surface area contributed by atoms with E-state index >= 15 is 0 Å². The Morgan fingerprint density at radius 1 is 1.08 bits per heavy atom. The van der Waals surface area contributed by atoms with Gasteiger partial charge in [-0.2, -0.15) is 5.26 Å². The molecule has 0 aliphatic heterocycles. The molecule has 1 heterocycles. The van der Waals surface area contributed by atoms with E-state index in [4.69, 9.17) is 9.15 Å². The Morgan fingerprint density at radius 3 is 2.59 bits per heavy atom. The quantitative estimate of drug-likeness (QED) is 0.249. The molecule has 0 spiro atoms. The number of fused-ring (bicyclic) bond motifs is 1. The number of carbonyl (C=O) groups is 1. The summed E-state index contributed by atoms with van der Waals surface area (Å²) in [7, 11) is 0. The minimum atomic E-state index is -0.590. The minimum absolute atomic E-state index is 0.102. The van der Waals surface area contributed by atoms with Gasteiger partial charge in [-0.15, -0.1) is 0 Å². The van der Waals surface area contributed by atoms with Gasteiger partial charge < -0.3 is 14.5 Å². The van der Waals surface area contributed by atoms with Gasteiger partial charge in [-0.25, -0.2) is 4.79 Å². The predicted octanol–water partition coefficient (Wildman–Crippen LogP) is 7.08. The van der Waals surface area contributed by atoms with E-state index in [0.29, 0.717) is 47.4 Å². The van der Waals surface area contributed by atoms with E-state index in [-0.39, 0.29) is 17.3 Å². The normalized spacial score (nSPS) is 12.1. The van der Waals surface area contributed by atoms with Crippen LogP contribution in [-0.4, -0.2) is 18.1 Å². The Morgan fingerprint density at radius 2 is 1.85 bits per heavy atom. The van der Waals surface area contributed by atoms with Crippen molar-refractivity contribution in [3.05, 3.63) is 99.2 Å². The summed E-state index contributed by atoms with van der Waals surface area (Å²) in [5.41, 5.74) is 4.72. The van der Waals surface area contributed by atoms with Crippen LogP contribution in [0.4, 0.5) is 5.69 Å². The summed E-state index contributed by atoms with van der Waals surface area (Å²) in [4.78, 5) is 25.9. The van der Waals surface area contributed by atoms with Crippen LogP contribution in [0.3, 0.4) is 0 Å². The van der Waals surface area contributed by atoms with Gasteiger partial charge in [-0.3, -0.25) is 4.79 Å². The van der Waals surface area contributed by atoms with E-state index < -0.39 is 5.60 Å². The van der Waals surface area contributed by atoms with Gasteiger partial charge in [0.25, 0.3) is 0 Å². The molecule has 200 valence electrons. The number of benzene rings is 3. The summed E-state index contributed by atoms with van der Waals surface area (Å²) >= 11 is 0. The van der Waals surface area contributed by atoms with Crippen LogP contribution in [0, 0.1) is 24.2 Å². The Hall–Kier alpha value is -4.37. The highest BCUT2D eigenvalue weighted by molar-refractivity contribution is 5.95. The molecule has 0 aliphatic carbocycles. The van der Waals surface area contributed by atoms with E-state index in [9.17, 15) is 14.9 Å². The molecule has 1 aromatic heterocycles. The van der Waals surface area contributed by atoms with E-state index in [1.165, 1.54) is 6.07 Å². The molecule has 6 heteroatoms. The highest BCUT2D eigenvalue weighted by Crippen LogP contribution is 2.27. The first-order valence-electron chi connectivity index (χ1n) is 13.2. The minimum Gasteiger partial charge on any atom is -0.456 e. The first-order chi connectivity index (χ1) is 18.5. The van der Waals surface area contributed by atoms with Crippen LogP contribution < -0.4 is 10.7 Å². The smallest absolute Gasteiger partial charge is 0.340 e. The highest BCUT2D eigenvalue weighted by atomic mass is 16.6. The van der Waals surface area contributed by atoms with E-state index in [0.717, 1.165) is 22.3 Å². The summed E-state index contributed by atoms with van der Waals surface area (Å²) < 4.78 is 11.9. The van der Waals surface area contributed by atoms with Gasteiger partial charge in [-0.05, 0) is 88.4 Å². The largest absolute Gasteiger partial charge is 0.456 e. The second-order valence-corrected chi connectivity index (χ2v) is 10.9. The van der Waals surface area contributed by atoms with Gasteiger partial charge in [0.15, 0.2) is 5.43 Å². The fourth-order valence-electron chi connectivity index (χ4n) is 4.55. The lowest BCUT2D eigenvalue weighted by Gasteiger charge is -2.20. The first kappa shape index (κ1) is 27.7. The Bertz CT molecular complexity index is 1610. The van der Waals surface area contributed by atoms with E-state index in [2.05, 4.69) is 11.4 Å². The van der Waals surface area contributed by atoms with Crippen LogP contribution in [0.15, 0.2) is 75.9 Å². The predicted molar refractivity (Wildman–Crippen MR) is 155 cm³/mol. The molecule has 0 aliphatic rings. The number of nitriles is 1. The van der Waals surface area contributed by atoms with Gasteiger partial charge in [0.05, 0.1) is 17.0 Å². The summed E-state index contributed by atoms with van der Waals surface area (Å²) in [6.45, 7) is 9.89. The lowest BCUT2D eigenvalue weighted by molar-refractivity contribution is 0.00706. The zero-order chi connectivity index (χ0) is 28.2. The number of nitrogens with zero attached hydrogens (tertiary/aromatic N) is 1. The second kappa shape index (κ2) is 11.6. The fraction of sp³-hybridized carbons (Fsp3) is 0.303. The lowest BCUT2D eigenvalue weighted by Crippen LogP contribution is -2.24. The third-order valence-corrected chi connectivity index (χ3v) is 6.28. The van der Waals surface area contributed by atoms with Crippen molar-refractivity contribution in [1.82, 2.24) is 0 Å². The van der Waals surface area contributed by atoms with Gasteiger partial charge in [0.1, 0.15) is 16.9 Å². The zero-order valence-corrected chi connectivity index (χ0v) is 23.1. The second-order valence-electron chi connectivity index (χ2n) is 10.9. The van der Waals surface area contributed by atoms with Crippen molar-refractivity contribution in [3.8, 4) is 17.4 Å². The van der Waals surface area contributed by atoms with Crippen molar-refractivity contribution < 1.29 is 13.9 Å². The average molecular weight is 523 g/mol. The van der Waals surface area contributed by atoms with Crippen molar-refractivity contribution in [2.24, 2.45) is 5.92 Å². The number of hydrogen-bond acceptors (Lipinski definition) is 6. The number of carbonyl (C=O) groups excluding carboxylic acids is 1. The number of rotatable bonds is 8. The standard InChI is InChI=1S/C33H34N2O4/c1-21-16-25(13-14-35-28-12-7-6-11-26(28)32(37)39-33(3,4)5)31-27(17-21)29(36)19-30(38-31)24-10-8-9-23(18-24)15-22(2)20-34/h6-12,16-19,22,35H,13-15H2,1-5H3/t22-/m0/s1. The van der Waals surface area contributed by atoms with Crippen LogP contribution >= 0.6 is 0 Å². The Kier molecular flexibility index (Phi) is 8.21. The summed E-state index contributed by atoms with van der Waals surface area (Å²) in [5, 5.41) is 13.1. The van der Waals surface area contributed by atoms with Gasteiger partial charge in [-0.1, -0.05) is 36.4 Å². The number of para-hydroxylation sites is 1. The maximum atomic E-state index is 13.1.